The highest BCUT2D eigenvalue weighted by molar-refractivity contribution is 6.30. The first-order valence-electron chi connectivity index (χ1n) is 7.73. The van der Waals surface area contributed by atoms with Crippen LogP contribution in [0.15, 0.2) is 24.3 Å². The lowest BCUT2D eigenvalue weighted by atomic mass is 9.88. The molecule has 1 aromatic rings. The molecule has 1 atom stereocenters. The first-order chi connectivity index (χ1) is 9.28. The fraction of sp³-hybridized carbons (Fsp3) is 0.647. The minimum absolute atomic E-state index is 0.768. The highest BCUT2D eigenvalue weighted by atomic mass is 35.5. The van der Waals surface area contributed by atoms with Crippen LogP contribution in [0.3, 0.4) is 0 Å². The lowest BCUT2D eigenvalue weighted by molar-refractivity contribution is 0.359. The van der Waals surface area contributed by atoms with Crippen molar-refractivity contribution >= 4 is 11.6 Å². The van der Waals surface area contributed by atoms with Gasteiger partial charge in [-0.1, -0.05) is 56.3 Å². The Kier molecular flexibility index (Phi) is 6.19. The molecule has 19 heavy (non-hydrogen) atoms. The monoisotopic (exact) mass is 279 g/mol. The molecule has 0 bridgehead atoms. The summed E-state index contributed by atoms with van der Waals surface area (Å²) in [6.07, 6.45) is 8.35. The topological polar surface area (TPSA) is 12.0 Å². The smallest absolute Gasteiger partial charge is 0.0406 e. The van der Waals surface area contributed by atoms with E-state index in [1.165, 1.54) is 44.1 Å². The zero-order valence-corrected chi connectivity index (χ0v) is 12.8. The van der Waals surface area contributed by atoms with Crippen LogP contribution >= 0.6 is 11.6 Å². The zero-order valence-electron chi connectivity index (χ0n) is 12.0. The number of rotatable bonds is 7. The highest BCUT2D eigenvalue weighted by Crippen LogP contribution is 2.31. The van der Waals surface area contributed by atoms with Crippen LogP contribution in [0, 0.1) is 11.8 Å². The van der Waals surface area contributed by atoms with E-state index in [-0.39, 0.29) is 0 Å². The van der Waals surface area contributed by atoms with Gasteiger partial charge in [-0.15, -0.1) is 0 Å². The zero-order chi connectivity index (χ0) is 13.5. The summed E-state index contributed by atoms with van der Waals surface area (Å²) in [6.45, 7) is 4.41. The number of nitrogens with one attached hydrogen (secondary N) is 1. The van der Waals surface area contributed by atoms with Crippen LogP contribution in [0.1, 0.15) is 44.6 Å². The number of halogens is 1. The molecule has 1 fully saturated rings. The second kappa shape index (κ2) is 7.91. The van der Waals surface area contributed by atoms with Gasteiger partial charge < -0.3 is 5.32 Å². The van der Waals surface area contributed by atoms with Gasteiger partial charge >= 0.3 is 0 Å². The van der Waals surface area contributed by atoms with Crippen LogP contribution in [-0.4, -0.2) is 13.1 Å². The van der Waals surface area contributed by atoms with Crippen LogP contribution in [0.4, 0.5) is 0 Å². The van der Waals surface area contributed by atoms with Crippen LogP contribution in [0.2, 0.25) is 5.02 Å². The average molecular weight is 280 g/mol. The summed E-state index contributed by atoms with van der Waals surface area (Å²) in [4.78, 5) is 0. The fourth-order valence-corrected chi connectivity index (χ4v) is 3.38. The molecule has 0 saturated heterocycles. The van der Waals surface area contributed by atoms with E-state index in [4.69, 9.17) is 11.6 Å². The van der Waals surface area contributed by atoms with Gasteiger partial charge in [-0.3, -0.25) is 0 Å². The van der Waals surface area contributed by atoms with Crippen molar-refractivity contribution in [3.63, 3.8) is 0 Å². The number of hydrogen-bond donors (Lipinski definition) is 1. The second-order valence-corrected chi connectivity index (χ2v) is 6.33. The number of benzene rings is 1. The van der Waals surface area contributed by atoms with E-state index in [1.54, 1.807) is 0 Å². The molecule has 2 rings (SSSR count). The Morgan fingerprint density at radius 2 is 1.89 bits per heavy atom. The quantitative estimate of drug-likeness (QED) is 0.764. The third kappa shape index (κ3) is 5.16. The molecule has 106 valence electrons. The van der Waals surface area contributed by atoms with Crippen LogP contribution in [-0.2, 0) is 6.42 Å². The first kappa shape index (κ1) is 14.9. The van der Waals surface area contributed by atoms with E-state index < -0.39 is 0 Å². The normalized spacial score (nSPS) is 17.8. The minimum atomic E-state index is 0.768. The van der Waals surface area contributed by atoms with Crippen LogP contribution in [0.5, 0.6) is 0 Å². The van der Waals surface area contributed by atoms with Gasteiger partial charge in [0, 0.05) is 5.02 Å². The molecular formula is C17H26ClN. The van der Waals surface area contributed by atoms with E-state index in [2.05, 4.69) is 24.4 Å². The van der Waals surface area contributed by atoms with Gasteiger partial charge in [0.15, 0.2) is 0 Å². The van der Waals surface area contributed by atoms with Gasteiger partial charge in [-0.25, -0.2) is 0 Å². The Morgan fingerprint density at radius 3 is 2.53 bits per heavy atom. The van der Waals surface area contributed by atoms with Gasteiger partial charge in [-0.2, -0.15) is 0 Å². The molecule has 1 unspecified atom stereocenters. The highest BCUT2D eigenvalue weighted by Gasteiger charge is 2.20. The van der Waals surface area contributed by atoms with Crippen molar-refractivity contribution in [1.29, 1.82) is 0 Å². The van der Waals surface area contributed by atoms with E-state index in [1.807, 2.05) is 12.1 Å². The first-order valence-corrected chi connectivity index (χ1v) is 8.11. The van der Waals surface area contributed by atoms with Crippen molar-refractivity contribution in [1.82, 2.24) is 5.32 Å². The Balaban J connectivity index is 1.89. The molecule has 1 aromatic carbocycles. The summed E-state index contributed by atoms with van der Waals surface area (Å²) >= 11 is 5.96. The van der Waals surface area contributed by atoms with E-state index in [0.717, 1.165) is 29.9 Å². The SMILES string of the molecule is CCNCC(Cc1ccc(Cl)cc1)CC1CCCC1. The molecule has 0 heterocycles. The Morgan fingerprint density at radius 1 is 1.21 bits per heavy atom. The van der Waals surface area contributed by atoms with Crippen molar-refractivity contribution in [2.45, 2.75) is 45.4 Å². The lowest BCUT2D eigenvalue weighted by Gasteiger charge is -2.21. The summed E-state index contributed by atoms with van der Waals surface area (Å²) in [5, 5.41) is 4.36. The summed E-state index contributed by atoms with van der Waals surface area (Å²) < 4.78 is 0. The molecule has 0 radical (unpaired) electrons. The molecule has 2 heteroatoms. The van der Waals surface area contributed by atoms with Crippen molar-refractivity contribution in [2.75, 3.05) is 13.1 Å². The summed E-state index contributed by atoms with van der Waals surface area (Å²) in [6, 6.07) is 8.37. The van der Waals surface area contributed by atoms with Crippen molar-refractivity contribution in [2.24, 2.45) is 11.8 Å². The van der Waals surface area contributed by atoms with E-state index >= 15 is 0 Å². The standard InChI is InChI=1S/C17H26ClN/c1-2-19-13-16(11-14-5-3-4-6-14)12-15-7-9-17(18)10-8-15/h7-10,14,16,19H,2-6,11-13H2,1H3. The lowest BCUT2D eigenvalue weighted by Crippen LogP contribution is -2.25. The maximum Gasteiger partial charge on any atom is 0.0406 e. The van der Waals surface area contributed by atoms with Crippen LogP contribution < -0.4 is 5.32 Å². The maximum absolute atomic E-state index is 5.96. The molecule has 0 aliphatic heterocycles. The third-order valence-corrected chi connectivity index (χ3v) is 4.51. The molecular weight excluding hydrogens is 254 g/mol. The predicted octanol–water partition coefficient (Wildman–Crippen LogP) is 4.69. The summed E-state index contributed by atoms with van der Waals surface area (Å²) in [5.41, 5.74) is 1.42. The van der Waals surface area contributed by atoms with Gasteiger partial charge in [0.2, 0.25) is 0 Å². The molecule has 0 amide bonds. The maximum atomic E-state index is 5.96. The molecule has 1 nitrogen and oxygen atoms in total. The third-order valence-electron chi connectivity index (χ3n) is 4.26. The van der Waals surface area contributed by atoms with Crippen LogP contribution in [0.25, 0.3) is 0 Å². The van der Waals surface area contributed by atoms with Crippen molar-refractivity contribution in [3.05, 3.63) is 34.9 Å². The van der Waals surface area contributed by atoms with Gasteiger partial charge in [0.05, 0.1) is 0 Å². The van der Waals surface area contributed by atoms with E-state index in [9.17, 15) is 0 Å². The molecule has 0 aromatic heterocycles. The molecule has 1 aliphatic carbocycles. The molecule has 1 N–H and O–H groups in total. The predicted molar refractivity (Wildman–Crippen MR) is 83.8 cm³/mol. The van der Waals surface area contributed by atoms with Gasteiger partial charge in [0.1, 0.15) is 0 Å². The summed E-state index contributed by atoms with van der Waals surface area (Å²) in [5.74, 6) is 1.74. The fourth-order valence-electron chi connectivity index (χ4n) is 3.26. The minimum Gasteiger partial charge on any atom is -0.317 e. The largest absolute Gasteiger partial charge is 0.317 e. The average Bonchev–Trinajstić information content (AvgIpc) is 2.91. The van der Waals surface area contributed by atoms with Gasteiger partial charge in [0.25, 0.3) is 0 Å². The summed E-state index contributed by atoms with van der Waals surface area (Å²) in [7, 11) is 0. The Bertz CT molecular complexity index is 354. The van der Waals surface area contributed by atoms with Crippen molar-refractivity contribution in [3.8, 4) is 0 Å². The van der Waals surface area contributed by atoms with Gasteiger partial charge in [-0.05, 0) is 55.5 Å². The number of hydrogen-bond acceptors (Lipinski definition) is 1. The molecule has 0 spiro atoms. The van der Waals surface area contributed by atoms with Crippen molar-refractivity contribution < 1.29 is 0 Å². The molecule has 1 aliphatic rings. The van der Waals surface area contributed by atoms with E-state index in [0.29, 0.717) is 0 Å². The second-order valence-electron chi connectivity index (χ2n) is 5.89. The molecule has 1 saturated carbocycles. The Hall–Kier alpha value is -0.530. The Labute approximate surface area is 122 Å².